The molecule has 100 valence electrons. The lowest BCUT2D eigenvalue weighted by molar-refractivity contribution is 0.0492. The minimum absolute atomic E-state index is 0.0938. The molecule has 0 spiro atoms. The molecule has 19 heavy (non-hydrogen) atoms. The standard InChI is InChI=1S/C9H11ClN8O/c10-7-13-8(16-17-1-3-19-4-2-17)15-9(14-7)18-6-11-5-12-18/h5-6H,1-4H2,(H,13,14,15,16). The largest absolute Gasteiger partial charge is 0.379 e. The molecular formula is C9H11ClN8O. The first-order chi connectivity index (χ1) is 9.31. The Labute approximate surface area is 113 Å². The Bertz CT molecular complexity index is 541. The molecule has 0 unspecified atom stereocenters. The Morgan fingerprint density at radius 1 is 1.21 bits per heavy atom. The average molecular weight is 283 g/mol. The SMILES string of the molecule is Clc1nc(NN2CCOCC2)nc(-n2cncn2)n1. The molecule has 1 N–H and O–H groups in total. The van der Waals surface area contributed by atoms with E-state index in [9.17, 15) is 0 Å². The summed E-state index contributed by atoms with van der Waals surface area (Å²) >= 11 is 5.88. The second kappa shape index (κ2) is 5.43. The Kier molecular flexibility index (Phi) is 3.49. The number of ether oxygens (including phenoxy) is 1. The molecule has 0 saturated carbocycles. The van der Waals surface area contributed by atoms with Crippen molar-refractivity contribution in [2.45, 2.75) is 0 Å². The molecular weight excluding hydrogens is 272 g/mol. The fourth-order valence-corrected chi connectivity index (χ4v) is 1.78. The molecule has 1 saturated heterocycles. The van der Waals surface area contributed by atoms with Gasteiger partial charge in [0.2, 0.25) is 11.2 Å². The summed E-state index contributed by atoms with van der Waals surface area (Å²) in [6.45, 7) is 2.84. The number of nitrogens with one attached hydrogen (secondary N) is 1. The molecule has 0 radical (unpaired) electrons. The van der Waals surface area contributed by atoms with E-state index in [1.54, 1.807) is 0 Å². The summed E-state index contributed by atoms with van der Waals surface area (Å²) in [5, 5.41) is 6.00. The lowest BCUT2D eigenvalue weighted by Gasteiger charge is -2.26. The summed E-state index contributed by atoms with van der Waals surface area (Å²) in [7, 11) is 0. The topological polar surface area (TPSA) is 93.9 Å². The smallest absolute Gasteiger partial charge is 0.258 e. The highest BCUT2D eigenvalue weighted by molar-refractivity contribution is 6.28. The first-order valence-electron chi connectivity index (χ1n) is 5.67. The molecule has 3 rings (SSSR count). The van der Waals surface area contributed by atoms with Crippen molar-refractivity contribution in [3.05, 3.63) is 17.9 Å². The zero-order chi connectivity index (χ0) is 13.1. The Balaban J connectivity index is 1.81. The van der Waals surface area contributed by atoms with Crippen molar-refractivity contribution in [3.63, 3.8) is 0 Å². The van der Waals surface area contributed by atoms with Gasteiger partial charge in [0, 0.05) is 13.1 Å². The highest BCUT2D eigenvalue weighted by Gasteiger charge is 2.13. The summed E-state index contributed by atoms with van der Waals surface area (Å²) < 4.78 is 6.68. The molecule has 9 nitrogen and oxygen atoms in total. The average Bonchev–Trinajstić information content (AvgIpc) is 2.93. The zero-order valence-corrected chi connectivity index (χ0v) is 10.7. The summed E-state index contributed by atoms with van der Waals surface area (Å²) in [5.74, 6) is 0.681. The maximum atomic E-state index is 5.88. The summed E-state index contributed by atoms with van der Waals surface area (Å²) in [6.07, 6.45) is 2.89. The molecule has 0 atom stereocenters. The van der Waals surface area contributed by atoms with Gasteiger partial charge in [-0.2, -0.15) is 24.7 Å². The van der Waals surface area contributed by atoms with Crippen molar-refractivity contribution in [2.24, 2.45) is 0 Å². The van der Waals surface area contributed by atoms with E-state index in [0.717, 1.165) is 13.1 Å². The number of hydrogen-bond acceptors (Lipinski definition) is 8. The second-order valence-corrected chi connectivity index (χ2v) is 4.12. The number of anilines is 1. The van der Waals surface area contributed by atoms with Crippen LogP contribution < -0.4 is 5.43 Å². The van der Waals surface area contributed by atoms with Gasteiger partial charge in [0.05, 0.1) is 13.2 Å². The molecule has 2 aromatic rings. The van der Waals surface area contributed by atoms with E-state index >= 15 is 0 Å². The molecule has 0 bridgehead atoms. The lowest BCUT2D eigenvalue weighted by atomic mass is 10.5. The molecule has 1 aliphatic rings. The van der Waals surface area contributed by atoms with Crippen molar-refractivity contribution >= 4 is 17.5 Å². The van der Waals surface area contributed by atoms with Gasteiger partial charge >= 0.3 is 0 Å². The predicted molar refractivity (Wildman–Crippen MR) is 65.8 cm³/mol. The molecule has 0 aromatic carbocycles. The van der Waals surface area contributed by atoms with Crippen LogP contribution in [-0.2, 0) is 4.74 Å². The van der Waals surface area contributed by atoms with Gasteiger partial charge in [-0.05, 0) is 11.6 Å². The molecule has 0 amide bonds. The van der Waals surface area contributed by atoms with Crippen LogP contribution in [-0.4, -0.2) is 61.0 Å². The van der Waals surface area contributed by atoms with Crippen LogP contribution in [0.15, 0.2) is 12.7 Å². The van der Waals surface area contributed by atoms with Gasteiger partial charge in [-0.1, -0.05) is 0 Å². The van der Waals surface area contributed by atoms with E-state index in [0.29, 0.717) is 25.1 Å². The number of morpholine rings is 1. The Morgan fingerprint density at radius 2 is 2.05 bits per heavy atom. The third kappa shape index (κ3) is 2.95. The normalized spacial score (nSPS) is 16.5. The van der Waals surface area contributed by atoms with E-state index in [-0.39, 0.29) is 5.28 Å². The van der Waals surface area contributed by atoms with Crippen molar-refractivity contribution < 1.29 is 4.74 Å². The first-order valence-corrected chi connectivity index (χ1v) is 6.05. The van der Waals surface area contributed by atoms with Gasteiger partial charge in [0.25, 0.3) is 5.95 Å². The van der Waals surface area contributed by atoms with Crippen LogP contribution >= 0.6 is 11.6 Å². The fraction of sp³-hybridized carbons (Fsp3) is 0.444. The van der Waals surface area contributed by atoms with E-state index < -0.39 is 0 Å². The quantitative estimate of drug-likeness (QED) is 0.825. The van der Waals surface area contributed by atoms with Crippen molar-refractivity contribution in [3.8, 4) is 5.95 Å². The number of nitrogens with zero attached hydrogens (tertiary/aromatic N) is 7. The zero-order valence-electron chi connectivity index (χ0n) is 9.90. The van der Waals surface area contributed by atoms with Gasteiger partial charge in [0.1, 0.15) is 12.7 Å². The highest BCUT2D eigenvalue weighted by atomic mass is 35.5. The van der Waals surface area contributed by atoms with Gasteiger partial charge in [0.15, 0.2) is 0 Å². The number of aromatic nitrogens is 6. The van der Waals surface area contributed by atoms with E-state index in [1.807, 2.05) is 5.01 Å². The highest BCUT2D eigenvalue weighted by Crippen LogP contribution is 2.09. The third-order valence-corrected chi connectivity index (χ3v) is 2.66. The van der Waals surface area contributed by atoms with Crippen LogP contribution in [0.25, 0.3) is 5.95 Å². The minimum atomic E-state index is 0.0938. The monoisotopic (exact) mass is 282 g/mol. The number of rotatable bonds is 3. The van der Waals surface area contributed by atoms with Crippen molar-refractivity contribution in [1.29, 1.82) is 0 Å². The number of halogens is 1. The molecule has 10 heteroatoms. The van der Waals surface area contributed by atoms with Crippen molar-refractivity contribution in [2.75, 3.05) is 31.7 Å². The second-order valence-electron chi connectivity index (χ2n) is 3.78. The Morgan fingerprint density at radius 3 is 2.79 bits per heavy atom. The van der Waals surface area contributed by atoms with Crippen molar-refractivity contribution in [1.82, 2.24) is 34.7 Å². The number of hydrogen-bond donors (Lipinski definition) is 1. The van der Waals surface area contributed by atoms with E-state index in [2.05, 4.69) is 30.5 Å². The molecule has 3 heterocycles. The van der Waals surface area contributed by atoms with Crippen LogP contribution in [0.2, 0.25) is 5.28 Å². The molecule has 1 fully saturated rings. The Hall–Kier alpha value is -1.84. The maximum absolute atomic E-state index is 5.88. The minimum Gasteiger partial charge on any atom is -0.379 e. The van der Waals surface area contributed by atoms with Gasteiger partial charge in [-0.25, -0.2) is 9.99 Å². The first kappa shape index (κ1) is 12.2. The summed E-state index contributed by atoms with van der Waals surface area (Å²) in [6, 6.07) is 0. The summed E-state index contributed by atoms with van der Waals surface area (Å²) in [4.78, 5) is 16.1. The lowest BCUT2D eigenvalue weighted by Crippen LogP contribution is -2.40. The predicted octanol–water partition coefficient (Wildman–Crippen LogP) is -0.235. The van der Waals surface area contributed by atoms with Gasteiger partial charge < -0.3 is 4.74 Å². The molecule has 0 aliphatic carbocycles. The van der Waals surface area contributed by atoms with Crippen LogP contribution in [0.3, 0.4) is 0 Å². The summed E-state index contributed by atoms with van der Waals surface area (Å²) in [5.41, 5.74) is 3.07. The van der Waals surface area contributed by atoms with E-state index in [1.165, 1.54) is 17.3 Å². The van der Waals surface area contributed by atoms with Crippen LogP contribution in [0.5, 0.6) is 0 Å². The fourth-order valence-electron chi connectivity index (χ4n) is 1.62. The number of hydrazine groups is 1. The maximum Gasteiger partial charge on any atom is 0.258 e. The van der Waals surface area contributed by atoms with E-state index in [4.69, 9.17) is 16.3 Å². The molecule has 1 aliphatic heterocycles. The van der Waals surface area contributed by atoms with Crippen LogP contribution in [0.4, 0.5) is 5.95 Å². The van der Waals surface area contributed by atoms with Gasteiger partial charge in [-0.15, -0.1) is 0 Å². The van der Waals surface area contributed by atoms with Crippen LogP contribution in [0.1, 0.15) is 0 Å². The molecule has 2 aromatic heterocycles. The third-order valence-electron chi connectivity index (χ3n) is 2.49. The van der Waals surface area contributed by atoms with Crippen LogP contribution in [0, 0.1) is 0 Å². The van der Waals surface area contributed by atoms with Gasteiger partial charge in [-0.3, -0.25) is 5.43 Å².